The van der Waals surface area contributed by atoms with Crippen LogP contribution >= 0.6 is 0 Å². The highest BCUT2D eigenvalue weighted by Crippen LogP contribution is 2.30. The Labute approximate surface area is 169 Å². The average Bonchev–Trinajstić information content (AvgIpc) is 2.73. The van der Waals surface area contributed by atoms with E-state index in [1.807, 2.05) is 36.4 Å². The van der Waals surface area contributed by atoms with Crippen molar-refractivity contribution in [1.82, 2.24) is 0 Å². The lowest BCUT2D eigenvalue weighted by Crippen LogP contribution is -2.08. The summed E-state index contributed by atoms with van der Waals surface area (Å²) in [6.45, 7) is 4.52. The van der Waals surface area contributed by atoms with E-state index in [4.69, 9.17) is 4.74 Å². The van der Waals surface area contributed by atoms with Gasteiger partial charge in [0.2, 0.25) is 0 Å². The number of esters is 1. The number of ether oxygens (including phenoxy) is 1. The summed E-state index contributed by atoms with van der Waals surface area (Å²) in [7, 11) is 0. The predicted molar refractivity (Wildman–Crippen MR) is 117 cm³/mol. The van der Waals surface area contributed by atoms with Crippen molar-refractivity contribution in [3.05, 3.63) is 71.3 Å². The van der Waals surface area contributed by atoms with Crippen LogP contribution < -0.4 is 4.74 Å². The molecule has 0 unspecified atom stereocenters. The fourth-order valence-corrected chi connectivity index (χ4v) is 3.69. The summed E-state index contributed by atoms with van der Waals surface area (Å²) in [5.74, 6) is 1.09. The monoisotopic (exact) mass is 376 g/mol. The smallest absolute Gasteiger partial charge is 0.343 e. The van der Waals surface area contributed by atoms with Gasteiger partial charge in [0.05, 0.1) is 5.56 Å². The minimum absolute atomic E-state index is 0.295. The van der Waals surface area contributed by atoms with E-state index in [1.165, 1.54) is 48.8 Å². The second kappa shape index (κ2) is 10.3. The quantitative estimate of drug-likeness (QED) is 0.276. The molecule has 28 heavy (non-hydrogen) atoms. The molecule has 0 spiro atoms. The summed E-state index contributed by atoms with van der Waals surface area (Å²) in [6, 6.07) is 15.8. The lowest BCUT2D eigenvalue weighted by molar-refractivity contribution is 0.0734. The highest BCUT2D eigenvalue weighted by atomic mass is 16.5. The molecule has 148 valence electrons. The van der Waals surface area contributed by atoms with Gasteiger partial charge in [-0.05, 0) is 79.0 Å². The lowest BCUT2D eigenvalue weighted by Gasteiger charge is -2.18. The summed E-state index contributed by atoms with van der Waals surface area (Å²) in [5.41, 5.74) is 4.53. The number of benzene rings is 2. The first-order chi connectivity index (χ1) is 13.7. The standard InChI is InChI=1S/C26H32O2/c1-3-4-5-6-7-21-10-14-24(15-11-21)26(27)28-25-18-16-23(17-19-25)22-12-8-20(2)9-13-22/h10-12,14-20H,3-9,13H2,1-2H3/t20-/m1/s1. The maximum atomic E-state index is 12.4. The number of hydrogen-bond donors (Lipinski definition) is 0. The van der Waals surface area contributed by atoms with Crippen molar-refractivity contribution in [3.8, 4) is 5.75 Å². The number of allylic oxidation sites excluding steroid dienone is 2. The predicted octanol–water partition coefficient (Wildman–Crippen LogP) is 7.23. The molecule has 0 aliphatic heterocycles. The van der Waals surface area contributed by atoms with Crippen molar-refractivity contribution in [2.75, 3.05) is 0 Å². The van der Waals surface area contributed by atoms with Crippen molar-refractivity contribution in [1.29, 1.82) is 0 Å². The third-order valence-corrected chi connectivity index (χ3v) is 5.62. The van der Waals surface area contributed by atoms with Crippen molar-refractivity contribution >= 4 is 11.5 Å². The fraction of sp³-hybridized carbons (Fsp3) is 0.423. The Morgan fingerprint density at radius 3 is 2.39 bits per heavy atom. The molecular formula is C26H32O2. The normalized spacial score (nSPS) is 16.5. The van der Waals surface area contributed by atoms with Crippen molar-refractivity contribution in [2.45, 2.75) is 65.2 Å². The second-order valence-corrected chi connectivity index (χ2v) is 8.03. The molecule has 0 heterocycles. The molecule has 1 aliphatic rings. The SMILES string of the molecule is CCCCCCc1ccc(C(=O)Oc2ccc(C3=CC[C@@H](C)CC3)cc2)cc1. The van der Waals surface area contributed by atoms with Gasteiger partial charge >= 0.3 is 5.97 Å². The first kappa shape index (κ1) is 20.4. The van der Waals surface area contributed by atoms with Gasteiger partial charge in [0, 0.05) is 0 Å². The molecule has 2 aromatic rings. The summed E-state index contributed by atoms with van der Waals surface area (Å²) < 4.78 is 5.55. The van der Waals surface area contributed by atoms with Crippen LogP contribution in [0.3, 0.4) is 0 Å². The molecule has 2 heteroatoms. The van der Waals surface area contributed by atoms with E-state index in [0.29, 0.717) is 11.3 Å². The molecule has 2 aromatic carbocycles. The third kappa shape index (κ3) is 5.82. The summed E-state index contributed by atoms with van der Waals surface area (Å²) in [6.07, 6.45) is 12.0. The average molecular weight is 377 g/mol. The van der Waals surface area contributed by atoms with Crippen LogP contribution in [0.15, 0.2) is 54.6 Å². The Morgan fingerprint density at radius 2 is 1.75 bits per heavy atom. The van der Waals surface area contributed by atoms with Gasteiger partial charge in [0.25, 0.3) is 0 Å². The second-order valence-electron chi connectivity index (χ2n) is 8.03. The Kier molecular flexibility index (Phi) is 7.47. The largest absolute Gasteiger partial charge is 0.423 e. The summed E-state index contributed by atoms with van der Waals surface area (Å²) in [5, 5.41) is 0. The highest BCUT2D eigenvalue weighted by Gasteiger charge is 2.12. The zero-order valence-electron chi connectivity index (χ0n) is 17.2. The van der Waals surface area contributed by atoms with E-state index >= 15 is 0 Å². The third-order valence-electron chi connectivity index (χ3n) is 5.62. The highest BCUT2D eigenvalue weighted by molar-refractivity contribution is 5.91. The van der Waals surface area contributed by atoms with Gasteiger partial charge in [0.1, 0.15) is 5.75 Å². The van der Waals surface area contributed by atoms with Crippen LogP contribution in [0.25, 0.3) is 5.57 Å². The maximum absolute atomic E-state index is 12.4. The Balaban J connectivity index is 1.54. The number of aryl methyl sites for hydroxylation is 1. The van der Waals surface area contributed by atoms with Gasteiger partial charge in [-0.3, -0.25) is 0 Å². The zero-order chi connectivity index (χ0) is 19.8. The van der Waals surface area contributed by atoms with Crippen LogP contribution in [0.4, 0.5) is 0 Å². The molecule has 3 rings (SSSR count). The number of rotatable bonds is 8. The Bertz CT molecular complexity index is 784. The minimum atomic E-state index is -0.295. The van der Waals surface area contributed by atoms with E-state index in [9.17, 15) is 4.79 Å². The van der Waals surface area contributed by atoms with Crippen LogP contribution in [0, 0.1) is 5.92 Å². The van der Waals surface area contributed by atoms with Crippen LogP contribution in [-0.4, -0.2) is 5.97 Å². The van der Waals surface area contributed by atoms with E-state index < -0.39 is 0 Å². The molecule has 2 nitrogen and oxygen atoms in total. The molecule has 1 aliphatic carbocycles. The topological polar surface area (TPSA) is 26.3 Å². The van der Waals surface area contributed by atoms with E-state index in [2.05, 4.69) is 32.1 Å². The molecule has 1 atom stereocenters. The summed E-state index contributed by atoms with van der Waals surface area (Å²) >= 11 is 0. The minimum Gasteiger partial charge on any atom is -0.423 e. The fourth-order valence-electron chi connectivity index (χ4n) is 3.69. The summed E-state index contributed by atoms with van der Waals surface area (Å²) in [4.78, 5) is 12.4. The van der Waals surface area contributed by atoms with Crippen molar-refractivity contribution < 1.29 is 9.53 Å². The molecule has 0 bridgehead atoms. The van der Waals surface area contributed by atoms with Gasteiger partial charge < -0.3 is 4.74 Å². The molecule has 0 saturated heterocycles. The van der Waals surface area contributed by atoms with Crippen LogP contribution in [0.1, 0.15) is 80.3 Å². The number of hydrogen-bond acceptors (Lipinski definition) is 2. The van der Waals surface area contributed by atoms with Gasteiger partial charge in [-0.1, -0.05) is 63.5 Å². The molecule has 0 amide bonds. The Morgan fingerprint density at radius 1 is 1.00 bits per heavy atom. The molecule has 0 N–H and O–H groups in total. The first-order valence-electron chi connectivity index (χ1n) is 10.8. The maximum Gasteiger partial charge on any atom is 0.343 e. The molecule has 0 radical (unpaired) electrons. The zero-order valence-corrected chi connectivity index (χ0v) is 17.2. The van der Waals surface area contributed by atoms with E-state index in [0.717, 1.165) is 25.2 Å². The van der Waals surface area contributed by atoms with Gasteiger partial charge in [-0.25, -0.2) is 4.79 Å². The van der Waals surface area contributed by atoms with Crippen LogP contribution in [-0.2, 0) is 6.42 Å². The van der Waals surface area contributed by atoms with E-state index in [1.54, 1.807) is 0 Å². The number of carbonyl (C=O) groups is 1. The van der Waals surface area contributed by atoms with Gasteiger partial charge in [-0.15, -0.1) is 0 Å². The van der Waals surface area contributed by atoms with Crippen molar-refractivity contribution in [3.63, 3.8) is 0 Å². The van der Waals surface area contributed by atoms with Crippen molar-refractivity contribution in [2.24, 2.45) is 5.92 Å². The van der Waals surface area contributed by atoms with Crippen LogP contribution in [0.5, 0.6) is 5.75 Å². The van der Waals surface area contributed by atoms with Crippen LogP contribution in [0.2, 0.25) is 0 Å². The number of unbranched alkanes of at least 4 members (excludes halogenated alkanes) is 3. The number of carbonyl (C=O) groups excluding carboxylic acids is 1. The first-order valence-corrected chi connectivity index (χ1v) is 10.8. The lowest BCUT2D eigenvalue weighted by atomic mass is 9.88. The van der Waals surface area contributed by atoms with Gasteiger partial charge in [0.15, 0.2) is 0 Å². The molecule has 0 fully saturated rings. The van der Waals surface area contributed by atoms with Gasteiger partial charge in [-0.2, -0.15) is 0 Å². The Hall–Kier alpha value is -2.35. The van der Waals surface area contributed by atoms with E-state index in [-0.39, 0.29) is 5.97 Å². The molecular weight excluding hydrogens is 344 g/mol. The molecule has 0 saturated carbocycles. The molecule has 0 aromatic heterocycles.